The molecule has 1 aromatic heterocycles. The van der Waals surface area contributed by atoms with Crippen LogP contribution < -0.4 is 10.5 Å². The molecule has 0 spiro atoms. The number of aromatic nitrogens is 1. The van der Waals surface area contributed by atoms with E-state index in [9.17, 15) is 0 Å². The van der Waals surface area contributed by atoms with Crippen LogP contribution in [0.2, 0.25) is 5.02 Å². The lowest BCUT2D eigenvalue weighted by Crippen LogP contribution is -2.00. The van der Waals surface area contributed by atoms with Crippen molar-refractivity contribution in [1.82, 2.24) is 4.98 Å². The van der Waals surface area contributed by atoms with Crippen molar-refractivity contribution in [3.05, 3.63) is 45.4 Å². The molecule has 0 saturated carbocycles. The van der Waals surface area contributed by atoms with Gasteiger partial charge in [-0.15, -0.1) is 11.3 Å². The molecule has 0 aliphatic carbocycles. The van der Waals surface area contributed by atoms with Crippen LogP contribution in [0.15, 0.2) is 30.5 Å². The highest BCUT2D eigenvalue weighted by molar-refractivity contribution is 7.11. The van der Waals surface area contributed by atoms with Crippen molar-refractivity contribution in [2.75, 3.05) is 6.54 Å². The average molecular weight is 269 g/mol. The Kier molecular flexibility index (Phi) is 4.36. The lowest BCUT2D eigenvalue weighted by molar-refractivity contribution is 0.305. The normalized spacial score (nSPS) is 10.5. The molecule has 0 unspecified atom stereocenters. The van der Waals surface area contributed by atoms with Crippen molar-refractivity contribution in [2.45, 2.75) is 13.0 Å². The summed E-state index contributed by atoms with van der Waals surface area (Å²) < 4.78 is 5.60. The van der Waals surface area contributed by atoms with E-state index in [1.807, 2.05) is 18.3 Å². The minimum atomic E-state index is 0.483. The highest BCUT2D eigenvalue weighted by atomic mass is 35.5. The molecule has 3 nitrogen and oxygen atoms in total. The first-order valence-electron chi connectivity index (χ1n) is 5.30. The summed E-state index contributed by atoms with van der Waals surface area (Å²) in [6, 6.07) is 7.30. The predicted molar refractivity (Wildman–Crippen MR) is 70.7 cm³/mol. The third-order valence-corrected chi connectivity index (χ3v) is 3.45. The lowest BCUT2D eigenvalue weighted by atomic mass is 10.3. The smallest absolute Gasteiger partial charge is 0.140 e. The summed E-state index contributed by atoms with van der Waals surface area (Å²) in [7, 11) is 0. The van der Waals surface area contributed by atoms with Crippen LogP contribution in [0.4, 0.5) is 0 Å². The third kappa shape index (κ3) is 3.70. The Labute approximate surface area is 109 Å². The fourth-order valence-corrected chi connectivity index (χ4v) is 2.33. The number of nitrogens with two attached hydrogens (primary N) is 1. The number of halogens is 1. The van der Waals surface area contributed by atoms with Gasteiger partial charge in [0.1, 0.15) is 17.4 Å². The number of hydrogen-bond donors (Lipinski definition) is 1. The zero-order chi connectivity index (χ0) is 12.1. The highest BCUT2D eigenvalue weighted by Crippen LogP contribution is 2.19. The maximum absolute atomic E-state index is 5.79. The Morgan fingerprint density at radius 2 is 2.06 bits per heavy atom. The number of ether oxygens (including phenoxy) is 1. The number of hydrogen-bond acceptors (Lipinski definition) is 4. The molecule has 90 valence electrons. The molecule has 0 aliphatic rings. The monoisotopic (exact) mass is 268 g/mol. The largest absolute Gasteiger partial charge is 0.486 e. The van der Waals surface area contributed by atoms with Crippen LogP contribution in [0.5, 0.6) is 5.75 Å². The molecule has 1 aromatic carbocycles. The standard InChI is InChI=1S/C12H13ClN2OS/c13-9-1-3-10(4-2-9)16-8-12-15-7-11(17-12)5-6-14/h1-4,7H,5-6,8,14H2. The van der Waals surface area contributed by atoms with Crippen molar-refractivity contribution in [3.8, 4) is 5.75 Å². The molecule has 0 saturated heterocycles. The van der Waals surface area contributed by atoms with Gasteiger partial charge in [-0.25, -0.2) is 4.98 Å². The van der Waals surface area contributed by atoms with E-state index >= 15 is 0 Å². The summed E-state index contributed by atoms with van der Waals surface area (Å²) in [5.74, 6) is 0.796. The highest BCUT2D eigenvalue weighted by Gasteiger charge is 2.02. The van der Waals surface area contributed by atoms with Crippen LogP contribution in [-0.2, 0) is 13.0 Å². The molecule has 0 fully saturated rings. The van der Waals surface area contributed by atoms with Crippen LogP contribution in [0.1, 0.15) is 9.88 Å². The van der Waals surface area contributed by atoms with E-state index in [4.69, 9.17) is 22.1 Å². The first-order valence-corrected chi connectivity index (χ1v) is 6.49. The molecule has 2 N–H and O–H groups in total. The quantitative estimate of drug-likeness (QED) is 0.907. The molecule has 5 heteroatoms. The van der Waals surface area contributed by atoms with Crippen molar-refractivity contribution in [2.24, 2.45) is 5.73 Å². The molecular weight excluding hydrogens is 256 g/mol. The topological polar surface area (TPSA) is 48.1 Å². The van der Waals surface area contributed by atoms with Gasteiger partial charge in [0.2, 0.25) is 0 Å². The Morgan fingerprint density at radius 1 is 1.29 bits per heavy atom. The van der Waals surface area contributed by atoms with E-state index in [2.05, 4.69) is 4.98 Å². The van der Waals surface area contributed by atoms with Gasteiger partial charge < -0.3 is 10.5 Å². The van der Waals surface area contributed by atoms with Gasteiger partial charge in [-0.2, -0.15) is 0 Å². The molecule has 2 aromatic rings. The lowest BCUT2D eigenvalue weighted by Gasteiger charge is -2.03. The van der Waals surface area contributed by atoms with E-state index in [1.54, 1.807) is 23.5 Å². The minimum Gasteiger partial charge on any atom is -0.486 e. The van der Waals surface area contributed by atoms with Gasteiger partial charge in [-0.3, -0.25) is 0 Å². The van der Waals surface area contributed by atoms with E-state index in [-0.39, 0.29) is 0 Å². The van der Waals surface area contributed by atoms with Gasteiger partial charge in [-0.1, -0.05) is 11.6 Å². The fraction of sp³-hybridized carbons (Fsp3) is 0.250. The van der Waals surface area contributed by atoms with Crippen molar-refractivity contribution in [3.63, 3.8) is 0 Å². The predicted octanol–water partition coefficient (Wildman–Crippen LogP) is 2.88. The second-order valence-corrected chi connectivity index (χ2v) is 5.14. The second kappa shape index (κ2) is 6.00. The van der Waals surface area contributed by atoms with Gasteiger partial charge in [0.25, 0.3) is 0 Å². The maximum atomic E-state index is 5.79. The van der Waals surface area contributed by atoms with Crippen molar-refractivity contribution in [1.29, 1.82) is 0 Å². The molecule has 0 amide bonds. The molecular formula is C12H13ClN2OS. The van der Waals surface area contributed by atoms with Crippen LogP contribution in [0, 0.1) is 0 Å². The van der Waals surface area contributed by atoms with Gasteiger partial charge in [-0.05, 0) is 37.2 Å². The summed E-state index contributed by atoms with van der Waals surface area (Å²) in [6.45, 7) is 1.14. The Hall–Kier alpha value is -1.10. The van der Waals surface area contributed by atoms with Gasteiger partial charge >= 0.3 is 0 Å². The number of nitrogens with zero attached hydrogens (tertiary/aromatic N) is 1. The maximum Gasteiger partial charge on any atom is 0.140 e. The number of rotatable bonds is 5. The average Bonchev–Trinajstić information content (AvgIpc) is 2.77. The SMILES string of the molecule is NCCc1cnc(COc2ccc(Cl)cc2)s1. The minimum absolute atomic E-state index is 0.483. The van der Waals surface area contributed by atoms with Gasteiger partial charge in [0.15, 0.2) is 0 Å². The summed E-state index contributed by atoms with van der Waals surface area (Å²) >= 11 is 7.43. The first-order chi connectivity index (χ1) is 8.28. The molecule has 0 atom stereocenters. The summed E-state index contributed by atoms with van der Waals surface area (Å²) in [6.07, 6.45) is 2.73. The van der Waals surface area contributed by atoms with E-state index in [1.165, 1.54) is 4.88 Å². The zero-order valence-corrected chi connectivity index (χ0v) is 10.8. The van der Waals surface area contributed by atoms with Crippen LogP contribution in [0.25, 0.3) is 0 Å². The van der Waals surface area contributed by atoms with Crippen LogP contribution in [-0.4, -0.2) is 11.5 Å². The second-order valence-electron chi connectivity index (χ2n) is 3.50. The van der Waals surface area contributed by atoms with Crippen LogP contribution >= 0.6 is 22.9 Å². The fourth-order valence-electron chi connectivity index (χ4n) is 1.35. The summed E-state index contributed by atoms with van der Waals surface area (Å²) in [4.78, 5) is 5.48. The molecule has 0 bridgehead atoms. The number of thiazole rings is 1. The van der Waals surface area contributed by atoms with Gasteiger partial charge in [0, 0.05) is 16.1 Å². The van der Waals surface area contributed by atoms with E-state index in [0.29, 0.717) is 18.2 Å². The zero-order valence-electron chi connectivity index (χ0n) is 9.23. The van der Waals surface area contributed by atoms with Crippen molar-refractivity contribution >= 4 is 22.9 Å². The Bertz CT molecular complexity index is 470. The molecule has 2 rings (SSSR count). The Morgan fingerprint density at radius 3 is 2.76 bits per heavy atom. The van der Waals surface area contributed by atoms with E-state index in [0.717, 1.165) is 17.2 Å². The number of benzene rings is 1. The van der Waals surface area contributed by atoms with Crippen molar-refractivity contribution < 1.29 is 4.74 Å². The molecule has 0 radical (unpaired) electrons. The van der Waals surface area contributed by atoms with Gasteiger partial charge in [0.05, 0.1) is 0 Å². The summed E-state index contributed by atoms with van der Waals surface area (Å²) in [5, 5.41) is 1.67. The molecule has 0 aliphatic heterocycles. The summed E-state index contributed by atoms with van der Waals surface area (Å²) in [5.41, 5.74) is 5.48. The third-order valence-electron chi connectivity index (χ3n) is 2.17. The Balaban J connectivity index is 1.90. The van der Waals surface area contributed by atoms with Crippen LogP contribution in [0.3, 0.4) is 0 Å². The first kappa shape index (κ1) is 12.4. The molecule has 1 heterocycles. The van der Waals surface area contributed by atoms with E-state index < -0.39 is 0 Å². The molecule has 17 heavy (non-hydrogen) atoms.